The number of nitrogens with zero attached hydrogens (tertiary/aromatic N) is 1. The Labute approximate surface area is 127 Å². The zero-order chi connectivity index (χ0) is 16.1. The molecule has 0 saturated heterocycles. The summed E-state index contributed by atoms with van der Waals surface area (Å²) in [5.41, 5.74) is 1.29. The van der Waals surface area contributed by atoms with Crippen LogP contribution in [0.1, 0.15) is 5.56 Å². The first-order chi connectivity index (χ1) is 10.6. The van der Waals surface area contributed by atoms with Gasteiger partial charge in [-0.25, -0.2) is 9.59 Å². The number of rotatable bonds is 4. The second kappa shape index (κ2) is 7.06. The van der Waals surface area contributed by atoms with E-state index < -0.39 is 11.9 Å². The Bertz CT molecular complexity index is 610. The van der Waals surface area contributed by atoms with Crippen molar-refractivity contribution in [3.05, 3.63) is 41.1 Å². The highest BCUT2D eigenvalue weighted by atomic mass is 16.5. The van der Waals surface area contributed by atoms with Crippen molar-refractivity contribution in [3.63, 3.8) is 0 Å². The number of methoxy groups -OCH3 is 2. The van der Waals surface area contributed by atoms with Crippen LogP contribution in [-0.2, 0) is 30.4 Å². The van der Waals surface area contributed by atoms with Crippen molar-refractivity contribution in [1.29, 1.82) is 0 Å². The van der Waals surface area contributed by atoms with Gasteiger partial charge in [-0.3, -0.25) is 0 Å². The molecule has 0 saturated carbocycles. The number of anilines is 1. The van der Waals surface area contributed by atoms with Gasteiger partial charge in [0.15, 0.2) is 0 Å². The van der Waals surface area contributed by atoms with Crippen LogP contribution in [0.3, 0.4) is 0 Å². The summed E-state index contributed by atoms with van der Waals surface area (Å²) in [5.74, 6) is -1.33. The van der Waals surface area contributed by atoms with Crippen molar-refractivity contribution in [2.75, 3.05) is 32.5 Å². The van der Waals surface area contributed by atoms with Crippen molar-refractivity contribution in [2.24, 2.45) is 0 Å². The smallest absolute Gasteiger partial charge is 0.355 e. The van der Waals surface area contributed by atoms with E-state index in [0.29, 0.717) is 11.3 Å². The molecular formula is C15H17NO6. The summed E-state index contributed by atoms with van der Waals surface area (Å²) in [6.07, 6.45) is 0. The van der Waals surface area contributed by atoms with Gasteiger partial charge in [0.1, 0.15) is 12.4 Å². The molecule has 1 N–H and O–H groups in total. The highest BCUT2D eigenvalue weighted by Crippen LogP contribution is 2.29. The quantitative estimate of drug-likeness (QED) is 0.814. The first kappa shape index (κ1) is 16.0. The van der Waals surface area contributed by atoms with Crippen LogP contribution in [0.25, 0.3) is 0 Å². The van der Waals surface area contributed by atoms with Gasteiger partial charge < -0.3 is 24.2 Å². The number of ether oxygens (including phenoxy) is 3. The Hall–Kier alpha value is -2.38. The van der Waals surface area contributed by atoms with Crippen LogP contribution in [0, 0.1) is 0 Å². The number of aliphatic hydroxyl groups is 1. The van der Waals surface area contributed by atoms with Gasteiger partial charge in [-0.05, 0) is 6.07 Å². The Balaban J connectivity index is 2.57. The fraction of sp³-hybridized carbons (Fsp3) is 0.333. The Morgan fingerprint density at radius 3 is 2.55 bits per heavy atom. The minimum atomic E-state index is -0.670. The molecule has 1 aromatic rings. The van der Waals surface area contributed by atoms with Gasteiger partial charge in [0.05, 0.1) is 33.0 Å². The number of hydrogen-bond acceptors (Lipinski definition) is 7. The fourth-order valence-corrected chi connectivity index (χ4v) is 2.24. The minimum absolute atomic E-state index is 0.0467. The molecule has 118 valence electrons. The lowest BCUT2D eigenvalue weighted by Gasteiger charge is -2.32. The van der Waals surface area contributed by atoms with Gasteiger partial charge in [0.2, 0.25) is 0 Å². The molecule has 0 spiro atoms. The van der Waals surface area contributed by atoms with E-state index in [4.69, 9.17) is 14.2 Å². The minimum Gasteiger partial charge on any atom is -0.466 e. The lowest BCUT2D eigenvalue weighted by Crippen LogP contribution is -2.39. The number of benzene rings is 1. The third-order valence-corrected chi connectivity index (χ3v) is 3.29. The van der Waals surface area contributed by atoms with Crippen LogP contribution < -0.4 is 4.90 Å². The first-order valence-corrected chi connectivity index (χ1v) is 6.57. The monoisotopic (exact) mass is 307 g/mol. The van der Waals surface area contributed by atoms with Crippen LogP contribution in [0.4, 0.5) is 5.69 Å². The zero-order valence-corrected chi connectivity index (χ0v) is 12.4. The molecule has 0 aliphatic carbocycles. The van der Waals surface area contributed by atoms with Gasteiger partial charge in [-0.2, -0.15) is 0 Å². The molecule has 1 aromatic carbocycles. The normalized spacial score (nSPS) is 14.8. The highest BCUT2D eigenvalue weighted by Gasteiger charge is 2.33. The maximum atomic E-state index is 12.1. The first-order valence-electron chi connectivity index (χ1n) is 6.57. The molecule has 1 aliphatic rings. The van der Waals surface area contributed by atoms with E-state index in [2.05, 4.69) is 0 Å². The van der Waals surface area contributed by atoms with Crippen LogP contribution in [0.2, 0.25) is 0 Å². The number of hydrogen-bond donors (Lipinski definition) is 1. The zero-order valence-electron chi connectivity index (χ0n) is 12.4. The Morgan fingerprint density at radius 1 is 1.23 bits per heavy atom. The van der Waals surface area contributed by atoms with Crippen molar-refractivity contribution in [3.8, 4) is 0 Å². The summed E-state index contributed by atoms with van der Waals surface area (Å²) in [4.78, 5) is 25.5. The number of carbonyl (C=O) groups excluding carboxylic acids is 2. The average molecular weight is 307 g/mol. The predicted octanol–water partition coefficient (Wildman–Crippen LogP) is 0.573. The maximum absolute atomic E-state index is 12.1. The second-order valence-electron chi connectivity index (χ2n) is 4.50. The molecule has 0 aromatic heterocycles. The van der Waals surface area contributed by atoms with E-state index in [1.807, 2.05) is 0 Å². The summed E-state index contributed by atoms with van der Waals surface area (Å²) in [5, 5.41) is 9.46. The van der Waals surface area contributed by atoms with Gasteiger partial charge in [0.25, 0.3) is 0 Å². The average Bonchev–Trinajstić information content (AvgIpc) is 2.59. The van der Waals surface area contributed by atoms with Crippen molar-refractivity contribution in [1.82, 2.24) is 0 Å². The second-order valence-corrected chi connectivity index (χ2v) is 4.50. The molecule has 7 heteroatoms. The lowest BCUT2D eigenvalue weighted by atomic mass is 10.1. The standard InChI is InChI=1S/C15H17NO6/c1-20-14(18)11-8-22-9-16(13(11)15(19)21-2)12-6-4-3-5-10(12)7-17/h3-6,17H,7-9H2,1-2H3. The molecule has 0 atom stereocenters. The third-order valence-electron chi connectivity index (χ3n) is 3.29. The summed E-state index contributed by atoms with van der Waals surface area (Å²) in [6.45, 7) is -0.203. The third kappa shape index (κ3) is 2.95. The van der Waals surface area contributed by atoms with E-state index in [1.54, 1.807) is 24.3 Å². The summed E-state index contributed by atoms with van der Waals surface area (Å²) >= 11 is 0. The fourth-order valence-electron chi connectivity index (χ4n) is 2.24. The van der Waals surface area contributed by atoms with Crippen LogP contribution in [-0.4, -0.2) is 44.6 Å². The lowest BCUT2D eigenvalue weighted by molar-refractivity contribution is -0.140. The van der Waals surface area contributed by atoms with Crippen molar-refractivity contribution < 1.29 is 28.9 Å². The van der Waals surface area contributed by atoms with Gasteiger partial charge in [-0.15, -0.1) is 0 Å². The maximum Gasteiger partial charge on any atom is 0.355 e. The number of para-hydroxylation sites is 1. The molecule has 2 rings (SSSR count). The van der Waals surface area contributed by atoms with Gasteiger partial charge in [0, 0.05) is 11.3 Å². The van der Waals surface area contributed by atoms with Crippen molar-refractivity contribution >= 4 is 17.6 Å². The molecule has 22 heavy (non-hydrogen) atoms. The molecule has 7 nitrogen and oxygen atoms in total. The van der Waals surface area contributed by atoms with Crippen LogP contribution in [0.5, 0.6) is 0 Å². The molecule has 0 bridgehead atoms. The molecule has 0 radical (unpaired) electrons. The summed E-state index contributed by atoms with van der Waals surface area (Å²) < 4.78 is 14.8. The molecule has 0 fully saturated rings. The number of aliphatic hydroxyl groups excluding tert-OH is 1. The molecule has 1 aliphatic heterocycles. The van der Waals surface area contributed by atoms with E-state index in [9.17, 15) is 14.7 Å². The number of esters is 2. The molecule has 0 unspecified atom stereocenters. The van der Waals surface area contributed by atoms with Gasteiger partial charge in [-0.1, -0.05) is 18.2 Å². The van der Waals surface area contributed by atoms with Gasteiger partial charge >= 0.3 is 11.9 Å². The topological polar surface area (TPSA) is 85.3 Å². The number of carbonyl (C=O) groups is 2. The molecule has 0 amide bonds. The molecular weight excluding hydrogens is 290 g/mol. The highest BCUT2D eigenvalue weighted by molar-refractivity contribution is 6.03. The predicted molar refractivity (Wildman–Crippen MR) is 76.7 cm³/mol. The summed E-state index contributed by atoms with van der Waals surface area (Å²) in [6, 6.07) is 6.97. The largest absolute Gasteiger partial charge is 0.466 e. The van der Waals surface area contributed by atoms with Crippen LogP contribution in [0.15, 0.2) is 35.5 Å². The Kier molecular flexibility index (Phi) is 5.13. The molecule has 1 heterocycles. The van der Waals surface area contributed by atoms with E-state index in [-0.39, 0.29) is 31.2 Å². The van der Waals surface area contributed by atoms with E-state index in [0.717, 1.165) is 0 Å². The SMILES string of the molecule is COC(=O)C1=C(C(=O)OC)N(c2ccccc2CO)COC1. The summed E-state index contributed by atoms with van der Waals surface area (Å²) in [7, 11) is 2.46. The van der Waals surface area contributed by atoms with E-state index in [1.165, 1.54) is 19.1 Å². The van der Waals surface area contributed by atoms with Crippen LogP contribution >= 0.6 is 0 Å². The Morgan fingerprint density at radius 2 is 1.91 bits per heavy atom. The van der Waals surface area contributed by atoms with Crippen molar-refractivity contribution in [2.45, 2.75) is 6.61 Å². The van der Waals surface area contributed by atoms with E-state index >= 15 is 0 Å².